The zero-order chi connectivity index (χ0) is 26.9. The number of thiophene rings is 1. The van der Waals surface area contributed by atoms with Gasteiger partial charge in [-0.05, 0) is 45.1 Å². The number of nitrogens with zero attached hydrogens (tertiary/aromatic N) is 2. The van der Waals surface area contributed by atoms with Gasteiger partial charge < -0.3 is 0 Å². The fourth-order valence-electron chi connectivity index (χ4n) is 6.46. The fourth-order valence-corrected chi connectivity index (χ4v) is 7.75. The quantitative estimate of drug-likeness (QED) is 0.205. The summed E-state index contributed by atoms with van der Waals surface area (Å²) in [6.07, 6.45) is 0. The minimum atomic E-state index is 0.751. The van der Waals surface area contributed by atoms with Gasteiger partial charge in [0.25, 0.3) is 0 Å². The lowest BCUT2D eigenvalue weighted by Crippen LogP contribution is -1.96. The molecule has 0 saturated carbocycles. The Hall–Kier alpha value is -5.12. The number of fused-ring (bicyclic) bond motifs is 11. The van der Waals surface area contributed by atoms with Crippen molar-refractivity contribution in [3.05, 3.63) is 133 Å². The van der Waals surface area contributed by atoms with Crippen LogP contribution in [0.15, 0.2) is 133 Å². The molecule has 190 valence electrons. The SMILES string of the molecule is c1ccc(-c2nc(-c3cc4c5ccccc5c5c6ccccc6sc5c4c4ccccc34)nc3ccccc23)cc1. The van der Waals surface area contributed by atoms with Crippen molar-refractivity contribution in [3.8, 4) is 22.6 Å². The number of aromatic nitrogens is 2. The minimum absolute atomic E-state index is 0.751. The van der Waals surface area contributed by atoms with E-state index in [1.807, 2.05) is 17.4 Å². The third-order valence-electron chi connectivity index (χ3n) is 8.25. The molecule has 2 heterocycles. The van der Waals surface area contributed by atoms with Gasteiger partial charge in [0, 0.05) is 42.1 Å². The van der Waals surface area contributed by atoms with Gasteiger partial charge in [0.15, 0.2) is 5.82 Å². The summed E-state index contributed by atoms with van der Waals surface area (Å²) in [4.78, 5) is 10.4. The molecule has 2 aromatic heterocycles. The summed E-state index contributed by atoms with van der Waals surface area (Å²) < 4.78 is 2.66. The van der Waals surface area contributed by atoms with Crippen molar-refractivity contribution in [1.82, 2.24) is 9.97 Å². The zero-order valence-electron chi connectivity index (χ0n) is 22.0. The normalized spacial score (nSPS) is 11.9. The van der Waals surface area contributed by atoms with E-state index < -0.39 is 0 Å². The van der Waals surface area contributed by atoms with E-state index in [0.717, 1.165) is 33.5 Å². The van der Waals surface area contributed by atoms with Gasteiger partial charge in [0.05, 0.1) is 11.2 Å². The highest BCUT2D eigenvalue weighted by Crippen LogP contribution is 2.47. The molecular formula is C38H22N2S. The first kappa shape index (κ1) is 22.7. The van der Waals surface area contributed by atoms with Crippen LogP contribution in [-0.4, -0.2) is 9.97 Å². The Balaban J connectivity index is 1.47. The molecule has 0 aliphatic rings. The number of rotatable bonds is 2. The molecule has 0 fully saturated rings. The predicted octanol–water partition coefficient (Wildman–Crippen LogP) is 10.8. The summed E-state index contributed by atoms with van der Waals surface area (Å²) >= 11 is 1.89. The molecule has 0 bridgehead atoms. The summed E-state index contributed by atoms with van der Waals surface area (Å²) in [7, 11) is 0. The predicted molar refractivity (Wildman–Crippen MR) is 176 cm³/mol. The highest BCUT2D eigenvalue weighted by molar-refractivity contribution is 7.27. The third kappa shape index (κ3) is 3.30. The van der Waals surface area contributed by atoms with E-state index in [1.165, 1.54) is 52.5 Å². The average Bonchev–Trinajstić information content (AvgIpc) is 3.44. The molecule has 0 aliphatic heterocycles. The molecule has 2 nitrogen and oxygen atoms in total. The van der Waals surface area contributed by atoms with Crippen LogP contribution in [-0.2, 0) is 0 Å². The summed E-state index contributed by atoms with van der Waals surface area (Å²) in [6.45, 7) is 0. The number of benzene rings is 7. The van der Waals surface area contributed by atoms with Crippen molar-refractivity contribution in [3.63, 3.8) is 0 Å². The van der Waals surface area contributed by atoms with Crippen LogP contribution >= 0.6 is 11.3 Å². The smallest absolute Gasteiger partial charge is 0.161 e. The van der Waals surface area contributed by atoms with Gasteiger partial charge in [-0.25, -0.2) is 9.97 Å². The highest BCUT2D eigenvalue weighted by atomic mass is 32.1. The second-order valence-corrected chi connectivity index (χ2v) is 11.6. The monoisotopic (exact) mass is 538 g/mol. The molecule has 0 unspecified atom stereocenters. The second-order valence-electron chi connectivity index (χ2n) is 10.5. The highest BCUT2D eigenvalue weighted by Gasteiger charge is 2.20. The van der Waals surface area contributed by atoms with Crippen molar-refractivity contribution in [2.24, 2.45) is 0 Å². The van der Waals surface area contributed by atoms with Crippen LogP contribution in [0.1, 0.15) is 0 Å². The standard InChI is InChI=1S/C38H22N2S/c1-2-12-23(13-3-1)36-28-18-8-10-20-32(28)39-38(40-36)31-22-30-24-14-4-6-16-26(24)34-29-19-9-11-21-33(29)41-37(34)35(30)27-17-7-5-15-25(27)31/h1-22H. The van der Waals surface area contributed by atoms with Gasteiger partial charge in [-0.3, -0.25) is 0 Å². The van der Waals surface area contributed by atoms with Crippen LogP contribution in [0.4, 0.5) is 0 Å². The Labute approximate surface area is 240 Å². The van der Waals surface area contributed by atoms with E-state index in [1.54, 1.807) is 0 Å². The van der Waals surface area contributed by atoms with E-state index in [4.69, 9.17) is 9.97 Å². The van der Waals surface area contributed by atoms with Crippen LogP contribution < -0.4 is 0 Å². The van der Waals surface area contributed by atoms with Gasteiger partial charge in [0.2, 0.25) is 0 Å². The molecule has 9 aromatic rings. The number of hydrogen-bond donors (Lipinski definition) is 0. The van der Waals surface area contributed by atoms with Gasteiger partial charge >= 0.3 is 0 Å². The zero-order valence-corrected chi connectivity index (χ0v) is 22.8. The lowest BCUT2D eigenvalue weighted by atomic mass is 9.91. The molecule has 0 N–H and O–H groups in total. The third-order valence-corrected chi connectivity index (χ3v) is 9.43. The van der Waals surface area contributed by atoms with Gasteiger partial charge in [-0.15, -0.1) is 11.3 Å². The van der Waals surface area contributed by atoms with E-state index in [0.29, 0.717) is 0 Å². The van der Waals surface area contributed by atoms with Gasteiger partial charge in [-0.2, -0.15) is 0 Å². The van der Waals surface area contributed by atoms with Crippen molar-refractivity contribution < 1.29 is 0 Å². The Morgan fingerprint density at radius 1 is 0.439 bits per heavy atom. The molecule has 3 heteroatoms. The topological polar surface area (TPSA) is 25.8 Å². The maximum Gasteiger partial charge on any atom is 0.161 e. The van der Waals surface area contributed by atoms with Gasteiger partial charge in [-0.1, -0.05) is 115 Å². The summed E-state index contributed by atoms with van der Waals surface area (Å²) in [5, 5.41) is 11.2. The Bertz CT molecular complexity index is 2470. The molecule has 0 aliphatic carbocycles. The molecule has 0 amide bonds. The first-order valence-corrected chi connectivity index (χ1v) is 14.7. The second kappa shape index (κ2) is 8.69. The number of para-hydroxylation sites is 1. The molecule has 41 heavy (non-hydrogen) atoms. The van der Waals surface area contributed by atoms with Crippen molar-refractivity contribution in [2.75, 3.05) is 0 Å². The van der Waals surface area contributed by atoms with Crippen molar-refractivity contribution in [1.29, 1.82) is 0 Å². The lowest BCUT2D eigenvalue weighted by Gasteiger charge is -2.15. The largest absolute Gasteiger partial charge is 0.228 e. The summed E-state index contributed by atoms with van der Waals surface area (Å²) in [6, 6.07) is 47.5. The number of hydrogen-bond acceptors (Lipinski definition) is 3. The Kier molecular flexibility index (Phi) is 4.80. The first-order chi connectivity index (χ1) is 20.3. The van der Waals surface area contributed by atoms with E-state index >= 15 is 0 Å². The van der Waals surface area contributed by atoms with Crippen LogP contribution in [0, 0.1) is 0 Å². The molecule has 7 aromatic carbocycles. The molecular weight excluding hydrogens is 516 g/mol. The minimum Gasteiger partial charge on any atom is -0.228 e. The fraction of sp³-hybridized carbons (Fsp3) is 0. The van der Waals surface area contributed by atoms with Crippen LogP contribution in [0.3, 0.4) is 0 Å². The molecule has 0 atom stereocenters. The maximum atomic E-state index is 5.27. The van der Waals surface area contributed by atoms with Crippen molar-refractivity contribution >= 4 is 74.7 Å². The Morgan fingerprint density at radius 2 is 1.02 bits per heavy atom. The first-order valence-electron chi connectivity index (χ1n) is 13.9. The molecule has 9 rings (SSSR count). The average molecular weight is 539 g/mol. The maximum absolute atomic E-state index is 5.27. The summed E-state index contributed by atoms with van der Waals surface area (Å²) in [5.74, 6) is 0.751. The molecule has 0 radical (unpaired) electrons. The van der Waals surface area contributed by atoms with Crippen molar-refractivity contribution in [2.45, 2.75) is 0 Å². The summed E-state index contributed by atoms with van der Waals surface area (Å²) in [5.41, 5.74) is 4.06. The van der Waals surface area contributed by atoms with Crippen LogP contribution in [0.5, 0.6) is 0 Å². The van der Waals surface area contributed by atoms with E-state index in [-0.39, 0.29) is 0 Å². The van der Waals surface area contributed by atoms with E-state index in [2.05, 4.69) is 127 Å². The van der Waals surface area contributed by atoms with Crippen LogP contribution in [0.2, 0.25) is 0 Å². The van der Waals surface area contributed by atoms with E-state index in [9.17, 15) is 0 Å². The molecule has 0 saturated heterocycles. The Morgan fingerprint density at radius 3 is 1.83 bits per heavy atom. The lowest BCUT2D eigenvalue weighted by molar-refractivity contribution is 1.24. The van der Waals surface area contributed by atoms with Crippen LogP contribution in [0.25, 0.3) is 86.0 Å². The van der Waals surface area contributed by atoms with Gasteiger partial charge in [0.1, 0.15) is 0 Å². The molecule has 0 spiro atoms.